The minimum Gasteiger partial charge on any atom is -0.454 e. The van der Waals surface area contributed by atoms with Gasteiger partial charge in [-0.15, -0.1) is 0 Å². The number of nitrogens with one attached hydrogen (secondary N) is 1. The maximum absolute atomic E-state index is 13.1. The van der Waals surface area contributed by atoms with E-state index in [0.717, 1.165) is 22.3 Å². The fourth-order valence-corrected chi connectivity index (χ4v) is 3.54. The van der Waals surface area contributed by atoms with Gasteiger partial charge in [0.2, 0.25) is 12.7 Å². The summed E-state index contributed by atoms with van der Waals surface area (Å²) in [5.74, 6) is 2.30. The van der Waals surface area contributed by atoms with Gasteiger partial charge in [0.1, 0.15) is 11.3 Å². The van der Waals surface area contributed by atoms with Crippen LogP contribution in [0.1, 0.15) is 27.0 Å². The third-order valence-corrected chi connectivity index (χ3v) is 5.61. The Morgan fingerprint density at radius 2 is 1.79 bits per heavy atom. The van der Waals surface area contributed by atoms with Crippen molar-refractivity contribution in [1.29, 1.82) is 0 Å². The molecule has 170 valence electrons. The Bertz CT molecular complexity index is 1360. The van der Waals surface area contributed by atoms with Gasteiger partial charge in [-0.3, -0.25) is 4.79 Å². The molecule has 1 amide bonds. The van der Waals surface area contributed by atoms with Crippen molar-refractivity contribution in [3.05, 3.63) is 95.2 Å². The molecule has 34 heavy (non-hydrogen) atoms. The topological polar surface area (TPSA) is 82.6 Å². The summed E-state index contributed by atoms with van der Waals surface area (Å²) >= 11 is 0. The summed E-state index contributed by atoms with van der Waals surface area (Å²) in [5, 5.41) is 2.92. The van der Waals surface area contributed by atoms with Crippen LogP contribution in [0.2, 0.25) is 0 Å². The number of carbonyl (C=O) groups excluding carboxylic acids is 1. The van der Waals surface area contributed by atoms with Gasteiger partial charge in [-0.2, -0.15) is 4.98 Å². The van der Waals surface area contributed by atoms with E-state index in [2.05, 4.69) is 15.3 Å². The second-order valence-corrected chi connectivity index (χ2v) is 8.00. The van der Waals surface area contributed by atoms with Crippen LogP contribution >= 0.6 is 0 Å². The largest absolute Gasteiger partial charge is 0.454 e. The number of nitrogens with zero attached hydrogens (tertiary/aromatic N) is 2. The lowest BCUT2D eigenvalue weighted by Crippen LogP contribution is -2.24. The van der Waals surface area contributed by atoms with Crippen molar-refractivity contribution in [2.24, 2.45) is 0 Å². The molecule has 7 nitrogen and oxygen atoms in total. The molecule has 0 unspecified atom stereocenters. The molecule has 0 spiro atoms. The number of hydrogen-bond acceptors (Lipinski definition) is 6. The highest BCUT2D eigenvalue weighted by Gasteiger charge is 2.19. The van der Waals surface area contributed by atoms with Crippen molar-refractivity contribution in [2.45, 2.75) is 20.4 Å². The Labute approximate surface area is 197 Å². The van der Waals surface area contributed by atoms with Crippen LogP contribution in [-0.2, 0) is 6.54 Å². The number of aromatic nitrogens is 2. The predicted molar refractivity (Wildman–Crippen MR) is 127 cm³/mol. The average molecular weight is 453 g/mol. The molecule has 1 aliphatic rings. The molecule has 0 aliphatic carbocycles. The number of benzene rings is 3. The van der Waals surface area contributed by atoms with Crippen molar-refractivity contribution in [3.8, 4) is 34.5 Å². The monoisotopic (exact) mass is 453 g/mol. The van der Waals surface area contributed by atoms with Gasteiger partial charge in [0, 0.05) is 18.3 Å². The van der Waals surface area contributed by atoms with Crippen molar-refractivity contribution < 1.29 is 19.0 Å². The van der Waals surface area contributed by atoms with Gasteiger partial charge in [-0.25, -0.2) is 4.98 Å². The summed E-state index contributed by atoms with van der Waals surface area (Å²) in [6.07, 6.45) is 1.50. The lowest BCUT2D eigenvalue weighted by atomic mass is 10.1. The number of hydrogen-bond donors (Lipinski definition) is 1. The van der Waals surface area contributed by atoms with Crippen molar-refractivity contribution >= 4 is 5.91 Å². The summed E-state index contributed by atoms with van der Waals surface area (Å²) < 4.78 is 16.8. The zero-order valence-corrected chi connectivity index (χ0v) is 18.9. The number of carbonyl (C=O) groups is 1. The molecular weight excluding hydrogens is 430 g/mol. The molecule has 0 radical (unpaired) electrons. The van der Waals surface area contributed by atoms with Crippen LogP contribution in [0.3, 0.4) is 0 Å². The van der Waals surface area contributed by atoms with Gasteiger partial charge >= 0.3 is 0 Å². The first-order valence-electron chi connectivity index (χ1n) is 10.9. The fraction of sp³-hybridized carbons (Fsp3) is 0.148. The van der Waals surface area contributed by atoms with Gasteiger partial charge in [0.15, 0.2) is 17.3 Å². The van der Waals surface area contributed by atoms with Gasteiger partial charge in [0.05, 0.1) is 0 Å². The van der Waals surface area contributed by atoms with Crippen LogP contribution in [0.15, 0.2) is 72.9 Å². The maximum Gasteiger partial charge on any atom is 0.258 e. The quantitative estimate of drug-likeness (QED) is 0.432. The number of amides is 1. The third-order valence-electron chi connectivity index (χ3n) is 5.61. The Morgan fingerprint density at radius 3 is 2.62 bits per heavy atom. The zero-order chi connectivity index (χ0) is 23.5. The highest BCUT2D eigenvalue weighted by atomic mass is 16.7. The van der Waals surface area contributed by atoms with Crippen LogP contribution in [0.25, 0.3) is 11.4 Å². The van der Waals surface area contributed by atoms with E-state index in [-0.39, 0.29) is 24.1 Å². The second-order valence-electron chi connectivity index (χ2n) is 8.00. The van der Waals surface area contributed by atoms with Crippen molar-refractivity contribution in [1.82, 2.24) is 15.3 Å². The standard InChI is InChI=1S/C27H23N3O4/c1-17-8-10-21(12-18(17)2)34-27-22(15-28-25(30-27)20-6-4-3-5-7-20)26(31)29-14-19-9-11-23-24(13-19)33-16-32-23/h3-13,15H,14,16H2,1-2H3,(H,29,31). The molecule has 0 bridgehead atoms. The highest BCUT2D eigenvalue weighted by Crippen LogP contribution is 2.32. The molecule has 4 aromatic rings. The van der Waals surface area contributed by atoms with E-state index in [9.17, 15) is 4.79 Å². The smallest absolute Gasteiger partial charge is 0.258 e. The molecule has 0 saturated heterocycles. The van der Waals surface area contributed by atoms with Crippen LogP contribution in [0, 0.1) is 13.8 Å². The average Bonchev–Trinajstić information content (AvgIpc) is 3.33. The van der Waals surface area contributed by atoms with Crippen molar-refractivity contribution in [3.63, 3.8) is 0 Å². The highest BCUT2D eigenvalue weighted by molar-refractivity contribution is 5.96. The number of ether oxygens (including phenoxy) is 3. The molecule has 1 aliphatic heterocycles. The molecule has 2 heterocycles. The Balaban J connectivity index is 1.42. The van der Waals surface area contributed by atoms with Crippen LogP contribution in [0.4, 0.5) is 0 Å². The summed E-state index contributed by atoms with van der Waals surface area (Å²) in [7, 11) is 0. The van der Waals surface area contributed by atoms with E-state index < -0.39 is 0 Å². The van der Waals surface area contributed by atoms with Gasteiger partial charge in [-0.05, 0) is 54.8 Å². The van der Waals surface area contributed by atoms with E-state index in [1.165, 1.54) is 6.20 Å². The molecule has 1 aromatic heterocycles. The van der Waals surface area contributed by atoms with Crippen LogP contribution in [0.5, 0.6) is 23.1 Å². The number of aryl methyl sites for hydroxylation is 2. The molecular formula is C27H23N3O4. The van der Waals surface area contributed by atoms with Crippen LogP contribution < -0.4 is 19.5 Å². The number of rotatable bonds is 6. The summed E-state index contributed by atoms with van der Waals surface area (Å²) in [4.78, 5) is 22.1. The predicted octanol–water partition coefficient (Wildman–Crippen LogP) is 5.21. The van der Waals surface area contributed by atoms with E-state index in [1.54, 1.807) is 0 Å². The lowest BCUT2D eigenvalue weighted by Gasteiger charge is -2.13. The molecule has 0 fully saturated rings. The van der Waals surface area contributed by atoms with E-state index in [1.807, 2.05) is 80.6 Å². The molecule has 1 N–H and O–H groups in total. The van der Waals surface area contributed by atoms with Crippen LogP contribution in [-0.4, -0.2) is 22.7 Å². The first-order valence-corrected chi connectivity index (χ1v) is 10.9. The van der Waals surface area contributed by atoms with E-state index in [0.29, 0.717) is 29.6 Å². The first kappa shape index (κ1) is 21.5. The SMILES string of the molecule is Cc1ccc(Oc2nc(-c3ccccc3)ncc2C(=O)NCc2ccc3c(c2)OCO3)cc1C. The Hall–Kier alpha value is -4.39. The third kappa shape index (κ3) is 4.54. The summed E-state index contributed by atoms with van der Waals surface area (Å²) in [6, 6.07) is 20.9. The summed E-state index contributed by atoms with van der Waals surface area (Å²) in [5.41, 5.74) is 4.21. The fourth-order valence-electron chi connectivity index (χ4n) is 3.54. The molecule has 0 atom stereocenters. The zero-order valence-electron chi connectivity index (χ0n) is 18.9. The first-order chi connectivity index (χ1) is 16.6. The molecule has 0 saturated carbocycles. The van der Waals surface area contributed by atoms with Gasteiger partial charge in [0.25, 0.3) is 5.91 Å². The molecule has 7 heteroatoms. The maximum atomic E-state index is 13.1. The minimum atomic E-state index is -0.337. The molecule has 3 aromatic carbocycles. The Kier molecular flexibility index (Phi) is 5.82. The Morgan fingerprint density at radius 1 is 0.971 bits per heavy atom. The van der Waals surface area contributed by atoms with E-state index in [4.69, 9.17) is 14.2 Å². The van der Waals surface area contributed by atoms with E-state index >= 15 is 0 Å². The van der Waals surface area contributed by atoms with Gasteiger partial charge in [-0.1, -0.05) is 42.5 Å². The normalized spacial score (nSPS) is 11.8. The summed E-state index contributed by atoms with van der Waals surface area (Å²) in [6.45, 7) is 4.55. The lowest BCUT2D eigenvalue weighted by molar-refractivity contribution is 0.0947. The van der Waals surface area contributed by atoms with Gasteiger partial charge < -0.3 is 19.5 Å². The minimum absolute atomic E-state index is 0.195. The molecule has 5 rings (SSSR count). The number of fused-ring (bicyclic) bond motifs is 1. The van der Waals surface area contributed by atoms with Crippen molar-refractivity contribution in [2.75, 3.05) is 6.79 Å². The second kappa shape index (κ2) is 9.23.